The van der Waals surface area contributed by atoms with E-state index in [4.69, 9.17) is 9.47 Å². The quantitative estimate of drug-likeness (QED) is 0.428. The Morgan fingerprint density at radius 3 is 2.43 bits per heavy atom. The lowest BCUT2D eigenvalue weighted by molar-refractivity contribution is 0.0358. The highest BCUT2D eigenvalue weighted by molar-refractivity contribution is 5.96. The van der Waals surface area contributed by atoms with E-state index in [-0.39, 0.29) is 5.78 Å². The number of morpholine rings is 1. The first kappa shape index (κ1) is 20.6. The average Bonchev–Trinajstić information content (AvgIpc) is 2.76. The van der Waals surface area contributed by atoms with Crippen LogP contribution in [0.15, 0.2) is 54.6 Å². The Hall–Kier alpha value is -2.17. The molecule has 0 N–H and O–H groups in total. The van der Waals surface area contributed by atoms with Crippen molar-refractivity contribution < 1.29 is 14.3 Å². The number of unbranched alkanes of at least 4 members (excludes halogenated alkanes) is 1. The zero-order valence-corrected chi connectivity index (χ0v) is 16.6. The summed E-state index contributed by atoms with van der Waals surface area (Å²) in [4.78, 5) is 14.8. The van der Waals surface area contributed by atoms with Crippen LogP contribution in [0.25, 0.3) is 0 Å². The topological polar surface area (TPSA) is 38.8 Å². The summed E-state index contributed by atoms with van der Waals surface area (Å²) >= 11 is 0. The number of ether oxygens (including phenoxy) is 2. The van der Waals surface area contributed by atoms with Crippen molar-refractivity contribution >= 4 is 5.78 Å². The maximum Gasteiger partial charge on any atom is 0.162 e. The molecule has 2 aromatic carbocycles. The Morgan fingerprint density at radius 1 is 0.929 bits per heavy atom. The number of benzene rings is 2. The van der Waals surface area contributed by atoms with Gasteiger partial charge in [0.2, 0.25) is 0 Å². The van der Waals surface area contributed by atoms with Gasteiger partial charge in [0.05, 0.1) is 19.8 Å². The first-order valence-electron chi connectivity index (χ1n) is 10.4. The molecule has 4 heteroatoms. The average molecular weight is 382 g/mol. The standard InChI is InChI=1S/C24H31NO3/c26-24(10-5-4-9-21-7-2-1-3-8-21)22-11-13-23(14-12-22)28-18-6-15-25-16-19-27-20-17-25/h1-3,7-8,11-14H,4-6,9-10,15-20H2. The van der Waals surface area contributed by atoms with Gasteiger partial charge in [-0.3, -0.25) is 9.69 Å². The van der Waals surface area contributed by atoms with Gasteiger partial charge in [-0.1, -0.05) is 30.3 Å². The SMILES string of the molecule is O=C(CCCCc1ccccc1)c1ccc(OCCCN2CCOCC2)cc1. The van der Waals surface area contributed by atoms with Crippen molar-refractivity contribution in [3.63, 3.8) is 0 Å². The largest absolute Gasteiger partial charge is 0.494 e. The predicted octanol–water partition coefficient (Wildman–Crippen LogP) is 4.38. The zero-order valence-electron chi connectivity index (χ0n) is 16.6. The molecule has 2 aromatic rings. The van der Waals surface area contributed by atoms with E-state index in [0.29, 0.717) is 13.0 Å². The fourth-order valence-corrected chi connectivity index (χ4v) is 3.44. The Balaban J connectivity index is 1.31. The van der Waals surface area contributed by atoms with Gasteiger partial charge in [0.15, 0.2) is 5.78 Å². The number of hydrogen-bond acceptors (Lipinski definition) is 4. The molecule has 0 aromatic heterocycles. The molecular weight excluding hydrogens is 350 g/mol. The summed E-state index contributed by atoms with van der Waals surface area (Å²) in [7, 11) is 0. The number of ketones is 1. The van der Waals surface area contributed by atoms with E-state index in [0.717, 1.165) is 69.8 Å². The van der Waals surface area contributed by atoms with Crippen LogP contribution in [0.2, 0.25) is 0 Å². The van der Waals surface area contributed by atoms with Crippen molar-refractivity contribution in [2.24, 2.45) is 0 Å². The summed E-state index contributed by atoms with van der Waals surface area (Å²) in [5.74, 6) is 1.05. The fourth-order valence-electron chi connectivity index (χ4n) is 3.44. The molecule has 1 aliphatic rings. The molecule has 1 fully saturated rings. The van der Waals surface area contributed by atoms with Crippen LogP contribution in [-0.2, 0) is 11.2 Å². The molecule has 28 heavy (non-hydrogen) atoms. The summed E-state index contributed by atoms with van der Waals surface area (Å²) in [5, 5.41) is 0. The van der Waals surface area contributed by atoms with Crippen LogP contribution in [-0.4, -0.2) is 50.1 Å². The highest BCUT2D eigenvalue weighted by Crippen LogP contribution is 2.15. The van der Waals surface area contributed by atoms with Crippen molar-refractivity contribution in [3.8, 4) is 5.75 Å². The molecule has 1 aliphatic heterocycles. The van der Waals surface area contributed by atoms with Crippen LogP contribution in [0.4, 0.5) is 0 Å². The van der Waals surface area contributed by atoms with Crippen molar-refractivity contribution in [1.29, 1.82) is 0 Å². The minimum Gasteiger partial charge on any atom is -0.494 e. The normalized spacial score (nSPS) is 14.7. The molecule has 0 bridgehead atoms. The van der Waals surface area contributed by atoms with Gasteiger partial charge in [0, 0.05) is 31.6 Å². The number of nitrogens with zero attached hydrogens (tertiary/aromatic N) is 1. The smallest absolute Gasteiger partial charge is 0.162 e. The summed E-state index contributed by atoms with van der Waals surface area (Å²) in [6.45, 7) is 5.45. The van der Waals surface area contributed by atoms with Crippen LogP contribution >= 0.6 is 0 Å². The van der Waals surface area contributed by atoms with E-state index < -0.39 is 0 Å². The van der Waals surface area contributed by atoms with E-state index in [9.17, 15) is 4.79 Å². The van der Waals surface area contributed by atoms with E-state index in [1.54, 1.807) is 0 Å². The highest BCUT2D eigenvalue weighted by Gasteiger charge is 2.09. The van der Waals surface area contributed by atoms with Gasteiger partial charge >= 0.3 is 0 Å². The van der Waals surface area contributed by atoms with Crippen LogP contribution < -0.4 is 4.74 Å². The second kappa shape index (κ2) is 11.6. The molecule has 0 saturated carbocycles. The van der Waals surface area contributed by atoms with E-state index in [1.807, 2.05) is 30.3 Å². The summed E-state index contributed by atoms with van der Waals surface area (Å²) in [6.07, 6.45) is 4.60. The first-order chi connectivity index (χ1) is 13.8. The van der Waals surface area contributed by atoms with E-state index >= 15 is 0 Å². The van der Waals surface area contributed by atoms with E-state index in [1.165, 1.54) is 5.56 Å². The molecule has 0 unspecified atom stereocenters. The predicted molar refractivity (Wildman–Crippen MR) is 112 cm³/mol. The molecule has 0 atom stereocenters. The van der Waals surface area contributed by atoms with Crippen molar-refractivity contribution in [2.75, 3.05) is 39.5 Å². The van der Waals surface area contributed by atoms with Crippen molar-refractivity contribution in [1.82, 2.24) is 4.90 Å². The van der Waals surface area contributed by atoms with Crippen LogP contribution in [0.5, 0.6) is 5.75 Å². The molecular formula is C24H31NO3. The van der Waals surface area contributed by atoms with Crippen LogP contribution in [0.3, 0.4) is 0 Å². The second-order valence-electron chi connectivity index (χ2n) is 7.30. The van der Waals surface area contributed by atoms with Crippen molar-refractivity contribution in [3.05, 3.63) is 65.7 Å². The van der Waals surface area contributed by atoms with E-state index in [2.05, 4.69) is 29.2 Å². The third-order valence-corrected chi connectivity index (χ3v) is 5.13. The molecule has 0 aliphatic carbocycles. The molecule has 1 heterocycles. The third kappa shape index (κ3) is 7.10. The fraction of sp³-hybridized carbons (Fsp3) is 0.458. The van der Waals surface area contributed by atoms with Gasteiger partial charge in [-0.25, -0.2) is 0 Å². The maximum atomic E-state index is 12.3. The minimum absolute atomic E-state index is 0.215. The molecule has 1 saturated heterocycles. The molecule has 0 amide bonds. The van der Waals surface area contributed by atoms with Gasteiger partial charge in [-0.2, -0.15) is 0 Å². The monoisotopic (exact) mass is 381 g/mol. The second-order valence-corrected chi connectivity index (χ2v) is 7.30. The summed E-state index contributed by atoms with van der Waals surface area (Å²) in [5.41, 5.74) is 2.12. The number of hydrogen-bond donors (Lipinski definition) is 0. The zero-order chi connectivity index (χ0) is 19.4. The Labute approximate surface area is 168 Å². The van der Waals surface area contributed by atoms with Crippen molar-refractivity contribution in [2.45, 2.75) is 32.1 Å². The lowest BCUT2D eigenvalue weighted by atomic mass is 10.0. The Kier molecular flexibility index (Phi) is 8.54. The van der Waals surface area contributed by atoms with Gasteiger partial charge in [-0.05, 0) is 55.5 Å². The summed E-state index contributed by atoms with van der Waals surface area (Å²) < 4.78 is 11.2. The molecule has 0 radical (unpaired) electrons. The summed E-state index contributed by atoms with van der Waals surface area (Å²) in [6, 6.07) is 18.0. The lowest BCUT2D eigenvalue weighted by Gasteiger charge is -2.26. The minimum atomic E-state index is 0.215. The number of Topliss-reactive ketones (excluding diaryl/α,β-unsaturated/α-hetero) is 1. The number of carbonyl (C=O) groups is 1. The number of aryl methyl sites for hydroxylation is 1. The van der Waals surface area contributed by atoms with Gasteiger partial charge in [0.25, 0.3) is 0 Å². The van der Waals surface area contributed by atoms with Gasteiger partial charge < -0.3 is 9.47 Å². The van der Waals surface area contributed by atoms with Gasteiger partial charge in [0.1, 0.15) is 5.75 Å². The lowest BCUT2D eigenvalue weighted by Crippen LogP contribution is -2.37. The highest BCUT2D eigenvalue weighted by atomic mass is 16.5. The molecule has 150 valence electrons. The first-order valence-corrected chi connectivity index (χ1v) is 10.4. The third-order valence-electron chi connectivity index (χ3n) is 5.13. The van der Waals surface area contributed by atoms with Gasteiger partial charge in [-0.15, -0.1) is 0 Å². The number of rotatable bonds is 11. The molecule has 0 spiro atoms. The Bertz CT molecular complexity index is 694. The maximum absolute atomic E-state index is 12.3. The van der Waals surface area contributed by atoms with Crippen LogP contribution in [0, 0.1) is 0 Å². The molecule has 4 nitrogen and oxygen atoms in total. The number of carbonyl (C=O) groups excluding carboxylic acids is 1. The molecule has 3 rings (SSSR count). The van der Waals surface area contributed by atoms with Crippen LogP contribution in [0.1, 0.15) is 41.6 Å². The Morgan fingerprint density at radius 2 is 1.68 bits per heavy atom.